The van der Waals surface area contributed by atoms with Crippen LogP contribution in [0.2, 0.25) is 5.02 Å². The second-order valence-electron chi connectivity index (χ2n) is 9.72. The summed E-state index contributed by atoms with van der Waals surface area (Å²) in [4.78, 5) is 24.1. The van der Waals surface area contributed by atoms with E-state index in [2.05, 4.69) is 20.2 Å². The van der Waals surface area contributed by atoms with Crippen molar-refractivity contribution in [1.29, 1.82) is 0 Å². The molecule has 208 valence electrons. The van der Waals surface area contributed by atoms with Crippen molar-refractivity contribution in [3.8, 4) is 5.88 Å². The van der Waals surface area contributed by atoms with Gasteiger partial charge < -0.3 is 20.3 Å². The number of aliphatic imine (C=N–C) groups is 1. The quantitative estimate of drug-likeness (QED) is 0.252. The number of aromatic hydroxyl groups is 1. The van der Waals surface area contributed by atoms with Gasteiger partial charge in [0.05, 0.1) is 40.3 Å². The fourth-order valence-electron chi connectivity index (χ4n) is 4.73. The maximum atomic E-state index is 14.2. The molecule has 0 unspecified atom stereocenters. The highest BCUT2D eigenvalue weighted by atomic mass is 35.5. The van der Waals surface area contributed by atoms with Crippen molar-refractivity contribution in [2.75, 3.05) is 45.1 Å². The molecule has 0 atom stereocenters. The normalized spacial score (nSPS) is 15.5. The molecule has 1 aliphatic heterocycles. The lowest BCUT2D eigenvalue weighted by atomic mass is 10.0. The number of H-pyrrole nitrogens is 1. The van der Waals surface area contributed by atoms with Crippen LogP contribution in [0.15, 0.2) is 71.7 Å². The molecule has 1 aliphatic rings. The molecule has 2 heterocycles. The molecule has 4 aromatic rings. The lowest BCUT2D eigenvalue weighted by Crippen LogP contribution is -2.47. The molecular weight excluding hydrogens is 543 g/mol. The number of aromatic amines is 1. The van der Waals surface area contributed by atoms with Crippen LogP contribution in [0.3, 0.4) is 0 Å². The number of halogens is 4. The first-order valence-corrected chi connectivity index (χ1v) is 13.0. The van der Waals surface area contributed by atoms with Crippen LogP contribution in [0.4, 0.5) is 24.5 Å². The van der Waals surface area contributed by atoms with Gasteiger partial charge in [-0.3, -0.25) is 9.69 Å². The van der Waals surface area contributed by atoms with Crippen molar-refractivity contribution in [2.45, 2.75) is 6.18 Å². The predicted molar refractivity (Wildman–Crippen MR) is 151 cm³/mol. The van der Waals surface area contributed by atoms with E-state index in [9.17, 15) is 23.1 Å². The number of anilines is 1. The van der Waals surface area contributed by atoms with E-state index in [4.69, 9.17) is 11.6 Å². The van der Waals surface area contributed by atoms with Gasteiger partial charge in [-0.1, -0.05) is 48.0 Å². The summed E-state index contributed by atoms with van der Waals surface area (Å²) in [7, 11) is 1.98. The first kappa shape index (κ1) is 27.7. The van der Waals surface area contributed by atoms with E-state index in [0.29, 0.717) is 40.1 Å². The Bertz CT molecular complexity index is 1560. The van der Waals surface area contributed by atoms with Crippen molar-refractivity contribution in [1.82, 2.24) is 14.8 Å². The maximum absolute atomic E-state index is 14.2. The minimum atomic E-state index is -4.74. The Hall–Kier alpha value is -3.86. The van der Waals surface area contributed by atoms with Crippen LogP contribution < -0.4 is 5.32 Å². The summed E-state index contributed by atoms with van der Waals surface area (Å²) in [5.74, 6) is -0.706. The Morgan fingerprint density at radius 1 is 1.05 bits per heavy atom. The van der Waals surface area contributed by atoms with Crippen LogP contribution in [0.5, 0.6) is 5.88 Å². The first-order valence-electron chi connectivity index (χ1n) is 12.6. The Balaban J connectivity index is 1.52. The second-order valence-corrected chi connectivity index (χ2v) is 10.2. The molecule has 40 heavy (non-hydrogen) atoms. The van der Waals surface area contributed by atoms with Gasteiger partial charge in [0.25, 0.3) is 0 Å². The number of carbonyl (C=O) groups is 1. The molecule has 3 aromatic carbocycles. The van der Waals surface area contributed by atoms with Gasteiger partial charge in [0, 0.05) is 42.2 Å². The summed E-state index contributed by atoms with van der Waals surface area (Å²) < 4.78 is 42.5. The summed E-state index contributed by atoms with van der Waals surface area (Å²) >= 11 is 6.10. The molecule has 1 amide bonds. The molecule has 1 saturated heterocycles. The number of alkyl halides is 3. The molecular formula is C29H27ClF3N5O2. The molecule has 11 heteroatoms. The summed E-state index contributed by atoms with van der Waals surface area (Å²) in [5.41, 5.74) is 0.401. The summed E-state index contributed by atoms with van der Waals surface area (Å²) in [6, 6.07) is 17.4. The number of carbonyl (C=O) groups excluding carboxylic acids is 1. The molecule has 0 aliphatic carbocycles. The third kappa shape index (κ3) is 6.14. The molecule has 0 bridgehead atoms. The van der Waals surface area contributed by atoms with Gasteiger partial charge in [0.15, 0.2) is 5.88 Å². The number of nitrogens with zero attached hydrogens (tertiary/aromatic N) is 3. The van der Waals surface area contributed by atoms with Crippen molar-refractivity contribution < 1.29 is 23.1 Å². The molecule has 0 radical (unpaired) electrons. The first-order chi connectivity index (χ1) is 19.1. The standard InChI is InChI=1S/C29H27ClF3N5O2/c1-37-11-13-38(14-12-37)17-25(39)35-23-10-8-20(16-22(23)29(31,32)33)34-27(18-5-3-2-4-6-18)26-21-9-7-19(30)15-24(21)36-28(26)40/h2-10,15-16,36,40H,11-14,17H2,1H3,(H,35,39). The Morgan fingerprint density at radius 3 is 2.48 bits per heavy atom. The Kier molecular flexibility index (Phi) is 7.84. The number of aromatic nitrogens is 1. The molecule has 0 spiro atoms. The van der Waals surface area contributed by atoms with Crippen LogP contribution in [0.1, 0.15) is 16.7 Å². The number of hydrogen-bond donors (Lipinski definition) is 3. The summed E-state index contributed by atoms with van der Waals surface area (Å²) in [5, 5.41) is 14.3. The second kappa shape index (κ2) is 11.3. The Morgan fingerprint density at radius 2 is 1.77 bits per heavy atom. The van der Waals surface area contributed by atoms with E-state index in [-0.39, 0.29) is 29.5 Å². The van der Waals surface area contributed by atoms with E-state index in [0.717, 1.165) is 19.2 Å². The lowest BCUT2D eigenvalue weighted by molar-refractivity contribution is -0.136. The zero-order chi connectivity index (χ0) is 28.4. The van der Waals surface area contributed by atoms with E-state index < -0.39 is 17.6 Å². The van der Waals surface area contributed by atoms with Gasteiger partial charge in [-0.25, -0.2) is 4.99 Å². The average molecular weight is 570 g/mol. The van der Waals surface area contributed by atoms with Crippen LogP contribution in [-0.4, -0.2) is 71.3 Å². The summed E-state index contributed by atoms with van der Waals surface area (Å²) in [6.45, 7) is 2.91. The number of nitrogens with one attached hydrogen (secondary N) is 2. The largest absolute Gasteiger partial charge is 0.494 e. The molecule has 7 nitrogen and oxygen atoms in total. The fourth-order valence-corrected chi connectivity index (χ4v) is 4.90. The van der Waals surface area contributed by atoms with Gasteiger partial charge in [-0.05, 0) is 37.4 Å². The van der Waals surface area contributed by atoms with Gasteiger partial charge >= 0.3 is 6.18 Å². The Labute approximate surface area is 233 Å². The SMILES string of the molecule is CN1CCN(CC(=O)Nc2ccc(N=C(c3ccccc3)c3c(O)[nH]c4cc(Cl)ccc34)cc2C(F)(F)F)CC1. The number of fused-ring (bicyclic) bond motifs is 1. The van der Waals surface area contributed by atoms with Gasteiger partial charge in [-0.2, -0.15) is 13.2 Å². The average Bonchev–Trinajstić information content (AvgIpc) is 3.23. The van der Waals surface area contributed by atoms with Crippen molar-refractivity contribution >= 4 is 45.5 Å². The monoisotopic (exact) mass is 569 g/mol. The third-order valence-corrected chi connectivity index (χ3v) is 7.05. The number of hydrogen-bond acceptors (Lipinski definition) is 5. The molecule has 0 saturated carbocycles. The molecule has 5 rings (SSSR count). The van der Waals surface area contributed by atoms with Crippen molar-refractivity contribution in [3.63, 3.8) is 0 Å². The van der Waals surface area contributed by atoms with E-state index in [1.165, 1.54) is 12.1 Å². The topological polar surface area (TPSA) is 84.0 Å². The number of rotatable bonds is 6. The molecule has 3 N–H and O–H groups in total. The van der Waals surface area contributed by atoms with Gasteiger partial charge in [0.2, 0.25) is 5.91 Å². The minimum Gasteiger partial charge on any atom is -0.494 e. The highest BCUT2D eigenvalue weighted by Gasteiger charge is 2.34. The lowest BCUT2D eigenvalue weighted by Gasteiger charge is -2.31. The fraction of sp³-hybridized carbons (Fsp3) is 0.241. The zero-order valence-electron chi connectivity index (χ0n) is 21.6. The zero-order valence-corrected chi connectivity index (χ0v) is 22.4. The smallest absolute Gasteiger partial charge is 0.418 e. The third-order valence-electron chi connectivity index (χ3n) is 6.81. The number of amides is 1. The van der Waals surface area contributed by atoms with Crippen molar-refractivity contribution in [3.05, 3.63) is 88.4 Å². The van der Waals surface area contributed by atoms with Gasteiger partial charge in [-0.15, -0.1) is 0 Å². The van der Waals surface area contributed by atoms with Crippen molar-refractivity contribution in [2.24, 2.45) is 4.99 Å². The molecule has 1 aromatic heterocycles. The number of piperazine rings is 1. The highest BCUT2D eigenvalue weighted by molar-refractivity contribution is 6.31. The van der Waals surface area contributed by atoms with Crippen LogP contribution in [0, 0.1) is 0 Å². The van der Waals surface area contributed by atoms with E-state index in [1.54, 1.807) is 48.5 Å². The van der Waals surface area contributed by atoms with Crippen LogP contribution in [0.25, 0.3) is 10.9 Å². The van der Waals surface area contributed by atoms with E-state index in [1.807, 2.05) is 11.9 Å². The van der Waals surface area contributed by atoms with Crippen LogP contribution in [-0.2, 0) is 11.0 Å². The van der Waals surface area contributed by atoms with Crippen LogP contribution >= 0.6 is 11.6 Å². The van der Waals surface area contributed by atoms with Gasteiger partial charge in [0.1, 0.15) is 0 Å². The predicted octanol–water partition coefficient (Wildman–Crippen LogP) is 5.90. The maximum Gasteiger partial charge on any atom is 0.418 e. The number of likely N-dealkylation sites (N-methyl/N-ethyl adjacent to an activating group) is 1. The highest BCUT2D eigenvalue weighted by Crippen LogP contribution is 2.38. The molecule has 1 fully saturated rings. The minimum absolute atomic E-state index is 0.00552. The van der Waals surface area contributed by atoms with E-state index >= 15 is 0 Å². The summed E-state index contributed by atoms with van der Waals surface area (Å²) in [6.07, 6.45) is -4.74. The number of benzene rings is 3.